The minimum atomic E-state index is 0.472. The highest BCUT2D eigenvalue weighted by Gasteiger charge is 2.04. The zero-order chi connectivity index (χ0) is 11.3. The van der Waals surface area contributed by atoms with Crippen molar-refractivity contribution in [1.29, 1.82) is 0 Å². The van der Waals surface area contributed by atoms with Crippen molar-refractivity contribution in [3.05, 3.63) is 21.9 Å². The summed E-state index contributed by atoms with van der Waals surface area (Å²) in [5, 5.41) is 3.90. The molecular weight excluding hydrogens is 275 g/mol. The van der Waals surface area contributed by atoms with Gasteiger partial charge < -0.3 is 5.32 Å². The number of aromatic nitrogens is 1. The van der Waals surface area contributed by atoms with E-state index in [1.807, 2.05) is 6.07 Å². The van der Waals surface area contributed by atoms with Gasteiger partial charge in [0.1, 0.15) is 5.15 Å². The van der Waals surface area contributed by atoms with Crippen LogP contribution in [0, 0.1) is 0 Å². The highest BCUT2D eigenvalue weighted by Crippen LogP contribution is 2.23. The van der Waals surface area contributed by atoms with E-state index >= 15 is 0 Å². The number of unbranched alkanes of at least 4 members (excludes halogenated alkanes) is 1. The van der Waals surface area contributed by atoms with Crippen molar-refractivity contribution in [2.75, 3.05) is 5.32 Å². The normalized spacial score (nSPS) is 12.5. The van der Waals surface area contributed by atoms with Gasteiger partial charge in [0.05, 0.1) is 16.4 Å². The molecule has 0 fully saturated rings. The van der Waals surface area contributed by atoms with Gasteiger partial charge in [0, 0.05) is 6.04 Å². The second kappa shape index (κ2) is 6.33. The van der Waals surface area contributed by atoms with Crippen LogP contribution in [0.1, 0.15) is 33.1 Å². The van der Waals surface area contributed by atoms with E-state index in [0.717, 1.165) is 10.2 Å². The zero-order valence-corrected chi connectivity index (χ0v) is 11.4. The molecule has 84 valence electrons. The van der Waals surface area contributed by atoms with Crippen LogP contribution in [0.3, 0.4) is 0 Å². The Morgan fingerprint density at radius 3 is 2.93 bits per heavy atom. The maximum absolute atomic E-state index is 5.82. The van der Waals surface area contributed by atoms with Crippen LogP contribution in [0.2, 0.25) is 5.15 Å². The summed E-state index contributed by atoms with van der Waals surface area (Å²) in [5.74, 6) is 0. The fourth-order valence-electron chi connectivity index (χ4n) is 1.37. The Hall–Kier alpha value is -0.280. The van der Waals surface area contributed by atoms with E-state index in [0.29, 0.717) is 11.2 Å². The Morgan fingerprint density at radius 1 is 1.60 bits per heavy atom. The molecule has 2 nitrogen and oxygen atoms in total. The van der Waals surface area contributed by atoms with Crippen LogP contribution in [-0.2, 0) is 0 Å². The number of nitrogens with one attached hydrogen (secondary N) is 1. The number of anilines is 1. The van der Waals surface area contributed by atoms with Gasteiger partial charge in [-0.15, -0.1) is 0 Å². The van der Waals surface area contributed by atoms with Gasteiger partial charge in [-0.05, 0) is 35.3 Å². The van der Waals surface area contributed by atoms with Gasteiger partial charge in [-0.25, -0.2) is 4.98 Å². The van der Waals surface area contributed by atoms with Crippen LogP contribution in [0.25, 0.3) is 0 Å². The van der Waals surface area contributed by atoms with E-state index in [1.54, 1.807) is 6.20 Å². The molecule has 0 aliphatic heterocycles. The summed E-state index contributed by atoms with van der Waals surface area (Å²) >= 11 is 9.17. The molecule has 1 N–H and O–H groups in total. The van der Waals surface area contributed by atoms with E-state index in [9.17, 15) is 0 Å². The highest BCUT2D eigenvalue weighted by molar-refractivity contribution is 9.10. The number of hydrogen-bond donors (Lipinski definition) is 1. The Labute approximate surface area is 105 Å². The highest BCUT2D eigenvalue weighted by atomic mass is 79.9. The molecular formula is C11H16BrClN2. The van der Waals surface area contributed by atoms with E-state index in [4.69, 9.17) is 11.6 Å². The third-order valence-electron chi connectivity index (χ3n) is 2.20. The molecule has 1 atom stereocenters. The summed E-state index contributed by atoms with van der Waals surface area (Å²) in [5.41, 5.74) is 1.01. The number of halogens is 2. The molecule has 0 aliphatic carbocycles. The number of nitrogens with zero attached hydrogens (tertiary/aromatic N) is 1. The summed E-state index contributed by atoms with van der Waals surface area (Å²) in [4.78, 5) is 4.07. The first kappa shape index (κ1) is 12.8. The van der Waals surface area contributed by atoms with Crippen molar-refractivity contribution in [3.63, 3.8) is 0 Å². The second-order valence-corrected chi connectivity index (χ2v) is 4.90. The quantitative estimate of drug-likeness (QED) is 0.809. The van der Waals surface area contributed by atoms with Crippen molar-refractivity contribution in [2.45, 2.75) is 39.2 Å². The lowest BCUT2D eigenvalue weighted by Crippen LogP contribution is -2.14. The third-order valence-corrected chi connectivity index (χ3v) is 3.33. The van der Waals surface area contributed by atoms with Gasteiger partial charge >= 0.3 is 0 Å². The molecule has 1 aromatic heterocycles. The largest absolute Gasteiger partial charge is 0.381 e. The van der Waals surface area contributed by atoms with Crippen molar-refractivity contribution in [3.8, 4) is 0 Å². The van der Waals surface area contributed by atoms with Gasteiger partial charge in [-0.3, -0.25) is 0 Å². The number of pyridine rings is 1. The van der Waals surface area contributed by atoms with E-state index in [2.05, 4.69) is 40.1 Å². The molecule has 0 radical (unpaired) electrons. The monoisotopic (exact) mass is 290 g/mol. The summed E-state index contributed by atoms with van der Waals surface area (Å²) in [6.45, 7) is 4.38. The molecule has 4 heteroatoms. The lowest BCUT2D eigenvalue weighted by Gasteiger charge is -2.14. The molecule has 1 heterocycles. The molecule has 0 bridgehead atoms. The lowest BCUT2D eigenvalue weighted by atomic mass is 10.1. The standard InChI is InChI=1S/C11H16BrClN2/c1-3-4-5-8(2)15-9-6-10(12)11(13)14-7-9/h6-8,15H,3-5H2,1-2H3. The first-order chi connectivity index (χ1) is 7.13. The van der Waals surface area contributed by atoms with E-state index in [1.165, 1.54) is 19.3 Å². The van der Waals surface area contributed by atoms with Gasteiger partial charge in [-0.2, -0.15) is 0 Å². The Kier molecular flexibility index (Phi) is 5.40. The summed E-state index contributed by atoms with van der Waals surface area (Å²) < 4.78 is 0.830. The second-order valence-electron chi connectivity index (χ2n) is 3.68. The Morgan fingerprint density at radius 2 is 2.33 bits per heavy atom. The number of rotatable bonds is 5. The minimum Gasteiger partial charge on any atom is -0.381 e. The first-order valence-electron chi connectivity index (χ1n) is 5.21. The molecule has 0 aliphatic rings. The molecule has 0 amide bonds. The molecule has 1 aromatic rings. The van der Waals surface area contributed by atoms with Crippen LogP contribution in [0.15, 0.2) is 16.7 Å². The molecule has 15 heavy (non-hydrogen) atoms. The average Bonchev–Trinajstić information content (AvgIpc) is 2.20. The van der Waals surface area contributed by atoms with E-state index < -0.39 is 0 Å². The fourth-order valence-corrected chi connectivity index (χ4v) is 1.82. The third kappa shape index (κ3) is 4.39. The first-order valence-corrected chi connectivity index (χ1v) is 6.38. The van der Waals surface area contributed by atoms with Crippen molar-refractivity contribution >= 4 is 33.2 Å². The molecule has 0 saturated heterocycles. The maximum atomic E-state index is 5.82. The van der Waals surface area contributed by atoms with Crippen molar-refractivity contribution in [1.82, 2.24) is 4.98 Å². The predicted octanol–water partition coefficient (Wildman–Crippen LogP) is 4.49. The van der Waals surface area contributed by atoms with Crippen molar-refractivity contribution in [2.24, 2.45) is 0 Å². The Balaban J connectivity index is 2.53. The van der Waals surface area contributed by atoms with Gasteiger partial charge in [-0.1, -0.05) is 31.4 Å². The summed E-state index contributed by atoms with van der Waals surface area (Å²) in [6.07, 6.45) is 5.41. The SMILES string of the molecule is CCCCC(C)Nc1cnc(Cl)c(Br)c1. The molecule has 0 spiro atoms. The van der Waals surface area contributed by atoms with Gasteiger partial charge in [0.2, 0.25) is 0 Å². The smallest absolute Gasteiger partial charge is 0.143 e. The van der Waals surface area contributed by atoms with Crippen molar-refractivity contribution < 1.29 is 0 Å². The Bertz CT molecular complexity index is 317. The summed E-state index contributed by atoms with van der Waals surface area (Å²) in [6, 6.07) is 2.43. The fraction of sp³-hybridized carbons (Fsp3) is 0.545. The average molecular weight is 292 g/mol. The van der Waals surface area contributed by atoms with Crippen LogP contribution in [-0.4, -0.2) is 11.0 Å². The topological polar surface area (TPSA) is 24.9 Å². The molecule has 0 aromatic carbocycles. The molecule has 1 unspecified atom stereocenters. The summed E-state index contributed by atoms with van der Waals surface area (Å²) in [7, 11) is 0. The van der Waals surface area contributed by atoms with Crippen LogP contribution in [0.5, 0.6) is 0 Å². The van der Waals surface area contributed by atoms with Gasteiger partial charge in [0.15, 0.2) is 0 Å². The number of hydrogen-bond acceptors (Lipinski definition) is 2. The maximum Gasteiger partial charge on any atom is 0.143 e. The minimum absolute atomic E-state index is 0.472. The zero-order valence-electron chi connectivity index (χ0n) is 9.06. The lowest BCUT2D eigenvalue weighted by molar-refractivity contribution is 0.645. The molecule has 0 saturated carbocycles. The van der Waals surface area contributed by atoms with Crippen LogP contribution < -0.4 is 5.32 Å². The van der Waals surface area contributed by atoms with Crippen LogP contribution >= 0.6 is 27.5 Å². The van der Waals surface area contributed by atoms with Crippen LogP contribution in [0.4, 0.5) is 5.69 Å². The van der Waals surface area contributed by atoms with E-state index in [-0.39, 0.29) is 0 Å². The molecule has 1 rings (SSSR count). The van der Waals surface area contributed by atoms with Gasteiger partial charge in [0.25, 0.3) is 0 Å². The predicted molar refractivity (Wildman–Crippen MR) is 69.6 cm³/mol.